The SMILES string of the molecule is CCN(CC)C(=O)CNC(=O)c1cn(-c2ccc(F)cc2)nc1-c1cccc(C)c1. The summed E-state index contributed by atoms with van der Waals surface area (Å²) in [6.07, 6.45) is 1.60. The number of likely N-dealkylation sites (N-methyl/N-ethyl adjacent to an activating group) is 1. The quantitative estimate of drug-likeness (QED) is 0.650. The third kappa shape index (κ3) is 4.74. The number of hydrogen-bond acceptors (Lipinski definition) is 3. The van der Waals surface area contributed by atoms with E-state index in [1.54, 1.807) is 23.2 Å². The molecule has 0 aliphatic carbocycles. The van der Waals surface area contributed by atoms with Gasteiger partial charge < -0.3 is 10.2 Å². The van der Waals surface area contributed by atoms with E-state index in [9.17, 15) is 14.0 Å². The lowest BCUT2D eigenvalue weighted by atomic mass is 10.1. The van der Waals surface area contributed by atoms with Crippen molar-refractivity contribution >= 4 is 11.8 Å². The second-order valence-electron chi connectivity index (χ2n) is 6.93. The molecule has 0 saturated carbocycles. The zero-order valence-electron chi connectivity index (χ0n) is 17.4. The van der Waals surface area contributed by atoms with Crippen molar-refractivity contribution in [1.29, 1.82) is 0 Å². The van der Waals surface area contributed by atoms with Gasteiger partial charge in [-0.3, -0.25) is 9.59 Å². The molecule has 0 bridgehead atoms. The minimum absolute atomic E-state index is 0.0878. The summed E-state index contributed by atoms with van der Waals surface area (Å²) in [4.78, 5) is 26.8. The van der Waals surface area contributed by atoms with Crippen molar-refractivity contribution in [3.05, 3.63) is 71.7 Å². The van der Waals surface area contributed by atoms with Crippen LogP contribution in [0.4, 0.5) is 4.39 Å². The minimum Gasteiger partial charge on any atom is -0.343 e. The van der Waals surface area contributed by atoms with Crippen LogP contribution in [0.15, 0.2) is 54.7 Å². The van der Waals surface area contributed by atoms with Gasteiger partial charge in [0.2, 0.25) is 5.91 Å². The van der Waals surface area contributed by atoms with Crippen LogP contribution >= 0.6 is 0 Å². The van der Waals surface area contributed by atoms with E-state index in [-0.39, 0.29) is 24.2 Å². The summed E-state index contributed by atoms with van der Waals surface area (Å²) < 4.78 is 14.8. The Balaban J connectivity index is 1.94. The summed E-state index contributed by atoms with van der Waals surface area (Å²) >= 11 is 0. The van der Waals surface area contributed by atoms with Crippen LogP contribution in [0.1, 0.15) is 29.8 Å². The van der Waals surface area contributed by atoms with E-state index in [2.05, 4.69) is 10.4 Å². The van der Waals surface area contributed by atoms with Crippen LogP contribution < -0.4 is 5.32 Å². The molecule has 0 aliphatic heterocycles. The Morgan fingerprint density at radius 2 is 1.80 bits per heavy atom. The number of hydrogen-bond donors (Lipinski definition) is 1. The average Bonchev–Trinajstić information content (AvgIpc) is 3.19. The summed E-state index contributed by atoms with van der Waals surface area (Å²) in [6.45, 7) is 6.83. The van der Waals surface area contributed by atoms with Crippen LogP contribution in [-0.2, 0) is 4.79 Å². The molecule has 0 unspecified atom stereocenters. The van der Waals surface area contributed by atoms with Crippen LogP contribution in [-0.4, -0.2) is 46.1 Å². The van der Waals surface area contributed by atoms with Gasteiger partial charge in [0.05, 0.1) is 17.8 Å². The number of carbonyl (C=O) groups is 2. The van der Waals surface area contributed by atoms with E-state index >= 15 is 0 Å². The van der Waals surface area contributed by atoms with Gasteiger partial charge in [0.25, 0.3) is 5.91 Å². The standard InChI is InChI=1S/C23H25FN4O2/c1-4-27(5-2)21(29)14-25-23(30)20-15-28(19-11-9-18(24)10-12-19)26-22(20)17-8-6-7-16(3)13-17/h6-13,15H,4-5,14H2,1-3H3,(H,25,30). The first-order valence-corrected chi connectivity index (χ1v) is 9.91. The Kier molecular flexibility index (Phi) is 6.61. The number of nitrogens with one attached hydrogen (secondary N) is 1. The van der Waals surface area contributed by atoms with Crippen molar-refractivity contribution in [2.24, 2.45) is 0 Å². The number of nitrogens with zero attached hydrogens (tertiary/aromatic N) is 3. The van der Waals surface area contributed by atoms with Gasteiger partial charge in [0, 0.05) is 24.8 Å². The second-order valence-corrected chi connectivity index (χ2v) is 6.93. The summed E-state index contributed by atoms with van der Waals surface area (Å²) in [5.74, 6) is -0.880. The van der Waals surface area contributed by atoms with Crippen molar-refractivity contribution in [3.8, 4) is 16.9 Å². The molecule has 2 amide bonds. The van der Waals surface area contributed by atoms with E-state index in [0.29, 0.717) is 30.0 Å². The van der Waals surface area contributed by atoms with E-state index in [1.165, 1.54) is 16.8 Å². The Morgan fingerprint density at radius 1 is 1.10 bits per heavy atom. The summed E-state index contributed by atoms with van der Waals surface area (Å²) in [6, 6.07) is 13.5. The average molecular weight is 408 g/mol. The first kappa shape index (κ1) is 21.2. The van der Waals surface area contributed by atoms with Crippen LogP contribution in [0.3, 0.4) is 0 Å². The number of rotatable bonds is 7. The Hall–Kier alpha value is -3.48. The highest BCUT2D eigenvalue weighted by molar-refractivity contribution is 6.01. The fourth-order valence-electron chi connectivity index (χ4n) is 3.21. The molecule has 3 aromatic rings. The van der Waals surface area contributed by atoms with Crippen molar-refractivity contribution in [3.63, 3.8) is 0 Å². The highest BCUT2D eigenvalue weighted by Gasteiger charge is 2.20. The van der Waals surface area contributed by atoms with Gasteiger partial charge in [-0.2, -0.15) is 5.10 Å². The maximum absolute atomic E-state index is 13.3. The Labute approximate surface area is 175 Å². The molecule has 0 atom stereocenters. The zero-order chi connectivity index (χ0) is 21.7. The summed E-state index contributed by atoms with van der Waals surface area (Å²) in [5.41, 5.74) is 3.29. The van der Waals surface area contributed by atoms with Crippen molar-refractivity contribution < 1.29 is 14.0 Å². The zero-order valence-corrected chi connectivity index (χ0v) is 17.4. The second kappa shape index (κ2) is 9.35. The van der Waals surface area contributed by atoms with E-state index in [4.69, 9.17) is 0 Å². The molecular formula is C23H25FN4O2. The molecule has 1 aromatic heterocycles. The first-order chi connectivity index (χ1) is 14.4. The molecule has 0 spiro atoms. The molecule has 6 nitrogen and oxygen atoms in total. The van der Waals surface area contributed by atoms with E-state index in [0.717, 1.165) is 11.1 Å². The molecule has 1 heterocycles. The lowest BCUT2D eigenvalue weighted by molar-refractivity contribution is -0.129. The molecule has 3 rings (SSSR count). The number of halogens is 1. The smallest absolute Gasteiger partial charge is 0.255 e. The van der Waals surface area contributed by atoms with Crippen molar-refractivity contribution in [2.45, 2.75) is 20.8 Å². The molecule has 1 N–H and O–H groups in total. The van der Waals surface area contributed by atoms with E-state index < -0.39 is 0 Å². The third-order valence-electron chi connectivity index (χ3n) is 4.86. The minimum atomic E-state index is -0.389. The van der Waals surface area contributed by atoms with Gasteiger partial charge in [-0.1, -0.05) is 23.8 Å². The largest absolute Gasteiger partial charge is 0.343 e. The molecule has 156 valence electrons. The van der Waals surface area contributed by atoms with Crippen molar-refractivity contribution in [2.75, 3.05) is 19.6 Å². The summed E-state index contributed by atoms with van der Waals surface area (Å²) in [7, 11) is 0. The molecule has 7 heteroatoms. The third-order valence-corrected chi connectivity index (χ3v) is 4.86. The van der Waals surface area contributed by atoms with Crippen LogP contribution in [0.5, 0.6) is 0 Å². The maximum atomic E-state index is 13.3. The Morgan fingerprint density at radius 3 is 2.43 bits per heavy atom. The van der Waals surface area contributed by atoms with Crippen LogP contribution in [0.25, 0.3) is 16.9 Å². The number of benzene rings is 2. The predicted molar refractivity (Wildman–Crippen MR) is 114 cm³/mol. The predicted octanol–water partition coefficient (Wildman–Crippen LogP) is 3.59. The monoisotopic (exact) mass is 408 g/mol. The highest BCUT2D eigenvalue weighted by Crippen LogP contribution is 2.24. The molecule has 0 aliphatic rings. The maximum Gasteiger partial charge on any atom is 0.255 e. The van der Waals surface area contributed by atoms with Gasteiger partial charge in [0.15, 0.2) is 0 Å². The van der Waals surface area contributed by atoms with Gasteiger partial charge in [-0.25, -0.2) is 9.07 Å². The molecule has 0 saturated heterocycles. The molecule has 30 heavy (non-hydrogen) atoms. The molecule has 0 radical (unpaired) electrons. The lowest BCUT2D eigenvalue weighted by Crippen LogP contribution is -2.40. The fraction of sp³-hybridized carbons (Fsp3) is 0.261. The van der Waals surface area contributed by atoms with Crippen molar-refractivity contribution in [1.82, 2.24) is 20.0 Å². The summed E-state index contributed by atoms with van der Waals surface area (Å²) in [5, 5.41) is 7.28. The van der Waals surface area contributed by atoms with Crippen LogP contribution in [0, 0.1) is 12.7 Å². The number of carbonyl (C=O) groups excluding carboxylic acids is 2. The van der Waals surface area contributed by atoms with Gasteiger partial charge >= 0.3 is 0 Å². The van der Waals surface area contributed by atoms with Gasteiger partial charge in [-0.05, 0) is 51.1 Å². The number of aryl methyl sites for hydroxylation is 1. The topological polar surface area (TPSA) is 67.2 Å². The fourth-order valence-corrected chi connectivity index (χ4v) is 3.21. The van der Waals surface area contributed by atoms with Crippen LogP contribution in [0.2, 0.25) is 0 Å². The molecule has 0 fully saturated rings. The normalized spacial score (nSPS) is 10.7. The van der Waals surface area contributed by atoms with E-state index in [1.807, 2.05) is 45.0 Å². The number of aromatic nitrogens is 2. The number of amides is 2. The first-order valence-electron chi connectivity index (χ1n) is 9.91. The van der Waals surface area contributed by atoms with Gasteiger partial charge in [-0.15, -0.1) is 0 Å². The molecular weight excluding hydrogens is 383 g/mol. The van der Waals surface area contributed by atoms with Gasteiger partial charge in [0.1, 0.15) is 11.5 Å². The highest BCUT2D eigenvalue weighted by atomic mass is 19.1. The Bertz CT molecular complexity index is 1040. The molecule has 2 aromatic carbocycles. The lowest BCUT2D eigenvalue weighted by Gasteiger charge is -2.18.